The maximum Gasteiger partial charge on any atom is 0.222 e. The first-order valence-electron chi connectivity index (χ1n) is 8.74. The molecule has 0 radical (unpaired) electrons. The Morgan fingerprint density at radius 3 is 2.50 bits per heavy atom. The highest BCUT2D eigenvalue weighted by Gasteiger charge is 2.03. The highest BCUT2D eigenvalue weighted by molar-refractivity contribution is 5.81. The van der Waals surface area contributed by atoms with Gasteiger partial charge in [-0.05, 0) is 30.2 Å². The number of halogens is 1. The topological polar surface area (TPSA) is 65.5 Å². The molecule has 1 amide bonds. The number of hydrogen-bond acceptors (Lipinski definition) is 2. The van der Waals surface area contributed by atoms with Crippen molar-refractivity contribution in [2.24, 2.45) is 4.99 Å². The number of nitrogens with zero attached hydrogens (tertiary/aromatic N) is 1. The quantitative estimate of drug-likeness (QED) is 0.503. The molecule has 0 aliphatic rings. The zero-order valence-electron chi connectivity index (χ0n) is 15.0. The first-order chi connectivity index (χ1) is 12.7. The van der Waals surface area contributed by atoms with Crippen LogP contribution >= 0.6 is 0 Å². The molecule has 0 aliphatic carbocycles. The van der Waals surface area contributed by atoms with Gasteiger partial charge in [0.25, 0.3) is 0 Å². The first kappa shape index (κ1) is 19.4. The van der Waals surface area contributed by atoms with Crippen LogP contribution in [0.4, 0.5) is 4.39 Å². The van der Waals surface area contributed by atoms with Crippen molar-refractivity contribution in [2.75, 3.05) is 13.1 Å². The minimum Gasteiger partial charge on any atom is -0.357 e. The molecule has 0 saturated heterocycles. The molecule has 2 aromatic carbocycles. The Hall–Kier alpha value is -2.89. The lowest BCUT2D eigenvalue weighted by atomic mass is 10.2. The zero-order valence-corrected chi connectivity index (χ0v) is 15.0. The molecule has 0 heterocycles. The molecule has 5 nitrogen and oxygen atoms in total. The minimum absolute atomic E-state index is 0.0256. The van der Waals surface area contributed by atoms with Gasteiger partial charge in [-0.2, -0.15) is 0 Å². The number of carbonyl (C=O) groups excluding carboxylic acids is 1. The molecule has 0 atom stereocenters. The van der Waals surface area contributed by atoms with Crippen molar-refractivity contribution in [2.45, 2.75) is 26.4 Å². The fraction of sp³-hybridized carbons (Fsp3) is 0.300. The Morgan fingerprint density at radius 2 is 1.77 bits per heavy atom. The van der Waals surface area contributed by atoms with Crippen molar-refractivity contribution in [3.8, 4) is 0 Å². The minimum atomic E-state index is -0.272. The predicted octanol–water partition coefficient (Wildman–Crippen LogP) is 2.59. The first-order valence-corrected chi connectivity index (χ1v) is 8.74. The van der Waals surface area contributed by atoms with Crippen molar-refractivity contribution in [3.05, 3.63) is 71.5 Å². The molecular weight excluding hydrogens is 331 g/mol. The third kappa shape index (κ3) is 7.34. The van der Waals surface area contributed by atoms with Crippen LogP contribution in [0.3, 0.4) is 0 Å². The summed E-state index contributed by atoms with van der Waals surface area (Å²) in [6.07, 6.45) is 0.344. The standard InChI is InChI=1S/C20H25FN4O/c1-2-22-20(25-15-17-9-6-10-18(21)13-17)23-12-11-19(26)24-14-16-7-4-3-5-8-16/h3-10,13H,2,11-12,14-15H2,1H3,(H,24,26)(H2,22,23,25). The van der Waals surface area contributed by atoms with Crippen LogP contribution in [-0.4, -0.2) is 25.0 Å². The SMILES string of the molecule is CCNC(=NCc1cccc(F)c1)NCCC(=O)NCc1ccccc1. The summed E-state index contributed by atoms with van der Waals surface area (Å²) in [7, 11) is 0. The second kappa shape index (κ2) is 10.9. The molecule has 0 fully saturated rings. The molecule has 0 unspecified atom stereocenters. The summed E-state index contributed by atoms with van der Waals surface area (Å²) in [6.45, 7) is 4.03. The molecule has 0 spiro atoms. The lowest BCUT2D eigenvalue weighted by Crippen LogP contribution is -2.39. The monoisotopic (exact) mass is 356 g/mol. The number of amides is 1. The molecule has 2 rings (SSSR count). The van der Waals surface area contributed by atoms with Gasteiger partial charge in [0.2, 0.25) is 5.91 Å². The van der Waals surface area contributed by atoms with Gasteiger partial charge in [-0.15, -0.1) is 0 Å². The Morgan fingerprint density at radius 1 is 1.00 bits per heavy atom. The van der Waals surface area contributed by atoms with Crippen molar-refractivity contribution >= 4 is 11.9 Å². The average Bonchev–Trinajstić information content (AvgIpc) is 2.65. The number of nitrogens with one attached hydrogen (secondary N) is 3. The average molecular weight is 356 g/mol. The maximum atomic E-state index is 13.2. The van der Waals surface area contributed by atoms with Crippen LogP contribution in [0.5, 0.6) is 0 Å². The van der Waals surface area contributed by atoms with E-state index in [1.54, 1.807) is 6.07 Å². The van der Waals surface area contributed by atoms with E-state index in [2.05, 4.69) is 20.9 Å². The van der Waals surface area contributed by atoms with E-state index in [1.807, 2.05) is 43.3 Å². The Kier molecular flexibility index (Phi) is 8.12. The van der Waals surface area contributed by atoms with Gasteiger partial charge in [-0.25, -0.2) is 9.38 Å². The van der Waals surface area contributed by atoms with Gasteiger partial charge in [0, 0.05) is 26.1 Å². The number of aliphatic imine (C=N–C) groups is 1. The molecule has 3 N–H and O–H groups in total. The van der Waals surface area contributed by atoms with E-state index in [0.29, 0.717) is 38.6 Å². The van der Waals surface area contributed by atoms with Crippen LogP contribution in [0.2, 0.25) is 0 Å². The van der Waals surface area contributed by atoms with Crippen molar-refractivity contribution in [1.82, 2.24) is 16.0 Å². The molecule has 6 heteroatoms. The lowest BCUT2D eigenvalue weighted by Gasteiger charge is -2.11. The molecule has 0 aliphatic heterocycles. The summed E-state index contributed by atoms with van der Waals surface area (Å²) >= 11 is 0. The number of rotatable bonds is 8. The molecular formula is C20H25FN4O. The summed E-state index contributed by atoms with van der Waals surface area (Å²) in [5.41, 5.74) is 1.86. The van der Waals surface area contributed by atoms with Crippen molar-refractivity contribution < 1.29 is 9.18 Å². The van der Waals surface area contributed by atoms with Gasteiger partial charge in [-0.3, -0.25) is 4.79 Å². The van der Waals surface area contributed by atoms with Gasteiger partial charge in [0.1, 0.15) is 5.82 Å². The molecule has 138 valence electrons. The Labute approximate surface area is 153 Å². The fourth-order valence-corrected chi connectivity index (χ4v) is 2.33. The molecule has 0 aromatic heterocycles. The second-order valence-electron chi connectivity index (χ2n) is 5.76. The Bertz CT molecular complexity index is 719. The summed E-state index contributed by atoms with van der Waals surface area (Å²) in [4.78, 5) is 16.3. The number of guanidine groups is 1. The number of benzene rings is 2. The van der Waals surface area contributed by atoms with Gasteiger partial charge in [0.15, 0.2) is 5.96 Å². The summed E-state index contributed by atoms with van der Waals surface area (Å²) in [6, 6.07) is 16.1. The van der Waals surface area contributed by atoms with E-state index < -0.39 is 0 Å². The molecule has 0 saturated carbocycles. The number of carbonyl (C=O) groups is 1. The summed E-state index contributed by atoms with van der Waals surface area (Å²) < 4.78 is 13.2. The van der Waals surface area contributed by atoms with Crippen LogP contribution in [0.1, 0.15) is 24.5 Å². The molecule has 0 bridgehead atoms. The van der Waals surface area contributed by atoms with E-state index >= 15 is 0 Å². The van der Waals surface area contributed by atoms with Gasteiger partial charge < -0.3 is 16.0 Å². The third-order valence-electron chi connectivity index (χ3n) is 3.63. The van der Waals surface area contributed by atoms with E-state index in [9.17, 15) is 9.18 Å². The number of hydrogen-bond donors (Lipinski definition) is 3. The highest BCUT2D eigenvalue weighted by atomic mass is 19.1. The maximum absolute atomic E-state index is 13.2. The third-order valence-corrected chi connectivity index (χ3v) is 3.63. The second-order valence-corrected chi connectivity index (χ2v) is 5.76. The highest BCUT2D eigenvalue weighted by Crippen LogP contribution is 2.04. The van der Waals surface area contributed by atoms with Gasteiger partial charge >= 0.3 is 0 Å². The van der Waals surface area contributed by atoms with Gasteiger partial charge in [-0.1, -0.05) is 42.5 Å². The van der Waals surface area contributed by atoms with Crippen LogP contribution in [0.25, 0.3) is 0 Å². The van der Waals surface area contributed by atoms with E-state index in [0.717, 1.165) is 11.1 Å². The van der Waals surface area contributed by atoms with Crippen molar-refractivity contribution in [1.29, 1.82) is 0 Å². The Balaban J connectivity index is 1.75. The zero-order chi connectivity index (χ0) is 18.6. The normalized spacial score (nSPS) is 11.1. The molecule has 26 heavy (non-hydrogen) atoms. The van der Waals surface area contributed by atoms with Crippen LogP contribution < -0.4 is 16.0 Å². The van der Waals surface area contributed by atoms with Crippen LogP contribution in [0.15, 0.2) is 59.6 Å². The fourth-order valence-electron chi connectivity index (χ4n) is 2.33. The lowest BCUT2D eigenvalue weighted by molar-refractivity contribution is -0.121. The van der Waals surface area contributed by atoms with Crippen LogP contribution in [0, 0.1) is 5.82 Å². The largest absolute Gasteiger partial charge is 0.357 e. The van der Waals surface area contributed by atoms with Crippen molar-refractivity contribution in [3.63, 3.8) is 0 Å². The van der Waals surface area contributed by atoms with Gasteiger partial charge in [0.05, 0.1) is 6.54 Å². The van der Waals surface area contributed by atoms with E-state index in [1.165, 1.54) is 12.1 Å². The smallest absolute Gasteiger partial charge is 0.222 e. The predicted molar refractivity (Wildman–Crippen MR) is 102 cm³/mol. The van der Waals surface area contributed by atoms with E-state index in [-0.39, 0.29) is 11.7 Å². The summed E-state index contributed by atoms with van der Waals surface area (Å²) in [5.74, 6) is 0.306. The summed E-state index contributed by atoms with van der Waals surface area (Å²) in [5, 5.41) is 9.12. The van der Waals surface area contributed by atoms with Crippen LogP contribution in [-0.2, 0) is 17.9 Å². The molecule has 2 aromatic rings. The van der Waals surface area contributed by atoms with E-state index in [4.69, 9.17) is 0 Å².